The molecule has 5 rings (SSSR count). The van der Waals surface area contributed by atoms with Crippen LogP contribution in [0.5, 0.6) is 0 Å². The van der Waals surface area contributed by atoms with Crippen molar-refractivity contribution in [3.63, 3.8) is 0 Å². The molecule has 1 spiro atoms. The number of likely N-dealkylation sites (N-methyl/N-ethyl adjacent to an activating group) is 1. The lowest BCUT2D eigenvalue weighted by atomic mass is 9.69. The summed E-state index contributed by atoms with van der Waals surface area (Å²) < 4.78 is 6.15. The summed E-state index contributed by atoms with van der Waals surface area (Å²) in [7, 11) is 1.82. The Morgan fingerprint density at radius 1 is 1.15 bits per heavy atom. The number of ether oxygens (including phenoxy) is 1. The van der Waals surface area contributed by atoms with Crippen molar-refractivity contribution in [3.05, 3.63) is 70.7 Å². The minimum Gasteiger partial charge on any atom is -0.370 e. The molecule has 4 atom stereocenters. The molecule has 8 nitrogen and oxygen atoms in total. The van der Waals surface area contributed by atoms with E-state index in [0.29, 0.717) is 44.0 Å². The van der Waals surface area contributed by atoms with E-state index in [9.17, 15) is 14.4 Å². The Labute approximate surface area is 234 Å². The van der Waals surface area contributed by atoms with Crippen LogP contribution in [0.2, 0.25) is 5.02 Å². The fourth-order valence-electron chi connectivity index (χ4n) is 6.16. The maximum Gasteiger partial charge on any atom is 0.251 e. The molecule has 9 heteroatoms. The van der Waals surface area contributed by atoms with Gasteiger partial charge in [0.25, 0.3) is 5.91 Å². The summed E-state index contributed by atoms with van der Waals surface area (Å²) in [6, 6.07) is 17.4. The Kier molecular flexibility index (Phi) is 7.24. The Balaban J connectivity index is 1.40. The molecule has 3 fully saturated rings. The zero-order valence-electron chi connectivity index (χ0n) is 22.8. The van der Waals surface area contributed by atoms with E-state index < -0.39 is 28.5 Å². The monoisotopic (exact) mass is 552 g/mol. The van der Waals surface area contributed by atoms with Crippen LogP contribution in [0.15, 0.2) is 54.6 Å². The van der Waals surface area contributed by atoms with Gasteiger partial charge in [-0.2, -0.15) is 0 Å². The van der Waals surface area contributed by atoms with Gasteiger partial charge in [0, 0.05) is 44.0 Å². The number of nitrogens with two attached hydrogens (primary N) is 1. The van der Waals surface area contributed by atoms with Crippen LogP contribution in [0.4, 0.5) is 0 Å². The summed E-state index contributed by atoms with van der Waals surface area (Å²) in [4.78, 5) is 44.4. The lowest BCUT2D eigenvalue weighted by Gasteiger charge is -2.43. The quantitative estimate of drug-likeness (QED) is 0.549. The Bertz CT molecular complexity index is 1250. The van der Waals surface area contributed by atoms with Crippen molar-refractivity contribution < 1.29 is 19.1 Å². The van der Waals surface area contributed by atoms with Crippen LogP contribution in [-0.2, 0) is 25.7 Å². The molecule has 0 radical (unpaired) electrons. The summed E-state index contributed by atoms with van der Waals surface area (Å²) in [5.74, 6) is -0.645. The van der Waals surface area contributed by atoms with E-state index in [0.717, 1.165) is 11.1 Å². The van der Waals surface area contributed by atoms with Gasteiger partial charge in [0.1, 0.15) is 5.54 Å². The third kappa shape index (κ3) is 5.17. The van der Waals surface area contributed by atoms with Gasteiger partial charge >= 0.3 is 0 Å². The third-order valence-corrected chi connectivity index (χ3v) is 8.73. The number of rotatable bonds is 7. The fourth-order valence-corrected chi connectivity index (χ4v) is 6.28. The van der Waals surface area contributed by atoms with E-state index in [1.807, 2.05) is 61.6 Å². The first-order valence-corrected chi connectivity index (χ1v) is 13.9. The number of likely N-dealkylation sites (tertiary alicyclic amines) is 2. The highest BCUT2D eigenvalue weighted by atomic mass is 35.5. The average Bonchev–Trinajstić information content (AvgIpc) is 3.57. The van der Waals surface area contributed by atoms with Crippen LogP contribution in [0.3, 0.4) is 0 Å². The molecule has 3 amide bonds. The van der Waals surface area contributed by atoms with E-state index in [-0.39, 0.29) is 24.3 Å². The molecule has 2 aliphatic heterocycles. The van der Waals surface area contributed by atoms with Gasteiger partial charge in [0.15, 0.2) is 0 Å². The number of nitrogens with zero attached hydrogens (tertiary/aromatic N) is 2. The summed E-state index contributed by atoms with van der Waals surface area (Å²) in [6.07, 6.45) is 1.26. The van der Waals surface area contributed by atoms with Gasteiger partial charge in [-0.15, -0.1) is 0 Å². The lowest BCUT2D eigenvalue weighted by Crippen LogP contribution is -2.61. The zero-order chi connectivity index (χ0) is 28.0. The van der Waals surface area contributed by atoms with Crippen molar-refractivity contribution in [2.75, 3.05) is 26.7 Å². The molecule has 3 N–H and O–H groups in total. The fraction of sp³-hybridized carbons (Fsp3) is 0.500. The average molecular weight is 553 g/mol. The van der Waals surface area contributed by atoms with Crippen LogP contribution in [0.25, 0.3) is 0 Å². The van der Waals surface area contributed by atoms with Crippen molar-refractivity contribution >= 4 is 29.3 Å². The van der Waals surface area contributed by atoms with Crippen molar-refractivity contribution in [2.45, 2.75) is 62.8 Å². The molecule has 2 heterocycles. The molecule has 208 valence electrons. The van der Waals surface area contributed by atoms with Crippen LogP contribution in [0, 0.1) is 5.41 Å². The van der Waals surface area contributed by atoms with Gasteiger partial charge in [-0.3, -0.25) is 14.4 Å². The maximum atomic E-state index is 14.2. The van der Waals surface area contributed by atoms with E-state index in [2.05, 4.69) is 5.32 Å². The normalized spacial score (nSPS) is 28.6. The molecule has 2 aromatic carbocycles. The predicted octanol–water partition coefficient (Wildman–Crippen LogP) is 3.09. The summed E-state index contributed by atoms with van der Waals surface area (Å²) in [5, 5.41) is 3.59. The topological polar surface area (TPSA) is 105 Å². The van der Waals surface area contributed by atoms with Gasteiger partial charge < -0.3 is 25.6 Å². The highest BCUT2D eigenvalue weighted by Crippen LogP contribution is 2.51. The largest absolute Gasteiger partial charge is 0.370 e. The van der Waals surface area contributed by atoms with Gasteiger partial charge in [-0.25, -0.2) is 0 Å². The maximum absolute atomic E-state index is 14.2. The summed E-state index contributed by atoms with van der Waals surface area (Å²) in [5.41, 5.74) is 5.01. The number of piperidine rings is 1. The molecule has 1 saturated carbocycles. The van der Waals surface area contributed by atoms with Crippen LogP contribution >= 0.6 is 11.6 Å². The molecule has 0 aromatic heterocycles. The predicted molar refractivity (Wildman–Crippen MR) is 149 cm³/mol. The van der Waals surface area contributed by atoms with Gasteiger partial charge in [0.05, 0.1) is 23.7 Å². The lowest BCUT2D eigenvalue weighted by molar-refractivity contribution is -0.147. The highest BCUT2D eigenvalue weighted by molar-refractivity contribution is 6.30. The minimum atomic E-state index is -1.20. The van der Waals surface area contributed by atoms with Crippen molar-refractivity contribution in [1.82, 2.24) is 15.1 Å². The van der Waals surface area contributed by atoms with Crippen molar-refractivity contribution in [1.29, 1.82) is 0 Å². The minimum absolute atomic E-state index is 0.0498. The van der Waals surface area contributed by atoms with Crippen molar-refractivity contribution in [3.8, 4) is 0 Å². The van der Waals surface area contributed by atoms with Gasteiger partial charge in [-0.1, -0.05) is 54.1 Å². The second-order valence-electron chi connectivity index (χ2n) is 11.9. The first kappa shape index (κ1) is 27.6. The van der Waals surface area contributed by atoms with E-state index in [1.165, 1.54) is 0 Å². The van der Waals surface area contributed by atoms with Gasteiger partial charge in [-0.05, 0) is 49.9 Å². The number of carbonyl (C=O) groups is 3. The van der Waals surface area contributed by atoms with Gasteiger partial charge in [0.2, 0.25) is 11.8 Å². The van der Waals surface area contributed by atoms with Crippen LogP contribution in [0.1, 0.15) is 50.2 Å². The number of hydrogen-bond acceptors (Lipinski definition) is 5. The molecule has 4 unspecified atom stereocenters. The summed E-state index contributed by atoms with van der Waals surface area (Å²) in [6.45, 7) is 4.94. The number of amides is 3. The molecule has 2 saturated heterocycles. The Morgan fingerprint density at radius 3 is 2.51 bits per heavy atom. The van der Waals surface area contributed by atoms with E-state index in [4.69, 9.17) is 22.1 Å². The standard InChI is InChI=1S/C30H37ClN4O4/c1-28(2,32)25(36)33-30(16-24(30)39-18-20-8-5-4-6-9-20)27(38)35-15-7-14-29(19-35)23(17-34(3)26(29)37)21-10-12-22(31)13-11-21/h4-6,8-13,23-24H,7,14-19,32H2,1-3H3,(H,33,36). The smallest absolute Gasteiger partial charge is 0.251 e. The molecule has 39 heavy (non-hydrogen) atoms. The molecule has 0 bridgehead atoms. The SMILES string of the molecule is CN1CC(c2ccc(Cl)cc2)C2(CCCN(C(=O)C3(NC(=O)C(C)(C)N)CC3OCc3ccccc3)C2)C1=O. The Morgan fingerprint density at radius 2 is 1.85 bits per heavy atom. The molecule has 1 aliphatic carbocycles. The molecule has 3 aliphatic rings. The third-order valence-electron chi connectivity index (χ3n) is 8.47. The second kappa shape index (κ2) is 10.2. The second-order valence-corrected chi connectivity index (χ2v) is 12.3. The number of nitrogens with one attached hydrogen (secondary N) is 1. The molecule has 2 aromatic rings. The van der Waals surface area contributed by atoms with E-state index >= 15 is 0 Å². The zero-order valence-corrected chi connectivity index (χ0v) is 23.5. The first-order valence-electron chi connectivity index (χ1n) is 13.5. The number of halogens is 1. The van der Waals surface area contributed by atoms with Crippen LogP contribution in [-0.4, -0.2) is 71.4 Å². The summed E-state index contributed by atoms with van der Waals surface area (Å²) >= 11 is 6.14. The first-order chi connectivity index (χ1) is 18.5. The highest BCUT2D eigenvalue weighted by Gasteiger charge is 2.66. The van der Waals surface area contributed by atoms with Crippen LogP contribution < -0.4 is 11.1 Å². The number of hydrogen-bond donors (Lipinski definition) is 2. The van der Waals surface area contributed by atoms with E-state index in [1.54, 1.807) is 23.6 Å². The molecular weight excluding hydrogens is 516 g/mol. The Hall–Kier alpha value is -2.94. The number of carbonyl (C=O) groups excluding carboxylic acids is 3. The van der Waals surface area contributed by atoms with Crippen molar-refractivity contribution in [2.24, 2.45) is 11.1 Å². The number of benzene rings is 2. The molecular formula is C30H37ClN4O4.